The highest BCUT2D eigenvalue weighted by Crippen LogP contribution is 2.41. The third kappa shape index (κ3) is 4.99. The Balaban J connectivity index is 1.44. The molecule has 1 aromatic heterocycles. The van der Waals surface area contributed by atoms with Gasteiger partial charge in [-0.15, -0.1) is 0 Å². The predicted molar refractivity (Wildman–Crippen MR) is 137 cm³/mol. The number of aryl methyl sites for hydroxylation is 1. The summed E-state index contributed by atoms with van der Waals surface area (Å²) in [5.74, 6) is 0.678. The zero-order valence-corrected chi connectivity index (χ0v) is 20.7. The third-order valence-corrected chi connectivity index (χ3v) is 7.13. The SMILES string of the molecule is COc1ccc(C2C(C(=O)Nc3ccn(C4CCOCC4)n3)CCC(=O)N2c2ccc(C)cc2)cc1. The molecule has 2 aliphatic rings. The van der Waals surface area contributed by atoms with Gasteiger partial charge in [0.25, 0.3) is 0 Å². The van der Waals surface area contributed by atoms with Gasteiger partial charge in [0.05, 0.1) is 25.1 Å². The van der Waals surface area contributed by atoms with Gasteiger partial charge < -0.3 is 19.7 Å². The molecule has 0 saturated carbocycles. The number of benzene rings is 2. The van der Waals surface area contributed by atoms with Gasteiger partial charge in [-0.05, 0) is 56.0 Å². The third-order valence-electron chi connectivity index (χ3n) is 7.13. The van der Waals surface area contributed by atoms with Crippen LogP contribution in [-0.4, -0.2) is 41.9 Å². The minimum atomic E-state index is -0.447. The van der Waals surface area contributed by atoms with Crippen molar-refractivity contribution in [1.29, 1.82) is 0 Å². The molecule has 5 rings (SSSR count). The Morgan fingerprint density at radius 3 is 2.44 bits per heavy atom. The molecule has 3 aromatic rings. The van der Waals surface area contributed by atoms with Gasteiger partial charge in [-0.25, -0.2) is 0 Å². The highest BCUT2D eigenvalue weighted by atomic mass is 16.5. The zero-order chi connectivity index (χ0) is 25.1. The average molecular weight is 489 g/mol. The van der Waals surface area contributed by atoms with Gasteiger partial charge in [-0.3, -0.25) is 14.3 Å². The van der Waals surface area contributed by atoms with Crippen molar-refractivity contribution in [3.8, 4) is 5.75 Å². The number of anilines is 2. The summed E-state index contributed by atoms with van der Waals surface area (Å²) in [5, 5.41) is 7.65. The Labute approximate surface area is 211 Å². The van der Waals surface area contributed by atoms with Gasteiger partial charge in [0.2, 0.25) is 11.8 Å². The molecule has 36 heavy (non-hydrogen) atoms. The van der Waals surface area contributed by atoms with Crippen molar-refractivity contribution in [3.05, 3.63) is 71.9 Å². The van der Waals surface area contributed by atoms with E-state index in [0.29, 0.717) is 18.7 Å². The van der Waals surface area contributed by atoms with E-state index in [1.54, 1.807) is 12.0 Å². The molecular formula is C28H32N4O4. The summed E-state index contributed by atoms with van der Waals surface area (Å²) in [4.78, 5) is 28.7. The highest BCUT2D eigenvalue weighted by Gasteiger charge is 2.41. The molecule has 2 aliphatic heterocycles. The van der Waals surface area contributed by atoms with Gasteiger partial charge in [0, 0.05) is 37.6 Å². The first kappa shape index (κ1) is 24.1. The maximum atomic E-state index is 13.7. The molecule has 0 bridgehead atoms. The molecule has 2 atom stereocenters. The number of nitrogens with one attached hydrogen (secondary N) is 1. The fourth-order valence-electron chi connectivity index (χ4n) is 5.14. The lowest BCUT2D eigenvalue weighted by Crippen LogP contribution is -2.47. The summed E-state index contributed by atoms with van der Waals surface area (Å²) in [6.45, 7) is 3.46. The number of hydrogen-bond acceptors (Lipinski definition) is 5. The number of aromatic nitrogens is 2. The molecule has 8 nitrogen and oxygen atoms in total. The molecule has 0 aliphatic carbocycles. The number of methoxy groups -OCH3 is 1. The smallest absolute Gasteiger partial charge is 0.231 e. The molecule has 2 aromatic carbocycles. The number of carbonyl (C=O) groups excluding carboxylic acids is 2. The van der Waals surface area contributed by atoms with Crippen molar-refractivity contribution in [1.82, 2.24) is 9.78 Å². The van der Waals surface area contributed by atoms with Gasteiger partial charge >= 0.3 is 0 Å². The summed E-state index contributed by atoms with van der Waals surface area (Å²) < 4.78 is 12.7. The fraction of sp³-hybridized carbons (Fsp3) is 0.393. The van der Waals surface area contributed by atoms with Crippen molar-refractivity contribution in [3.63, 3.8) is 0 Å². The molecule has 0 radical (unpaired) electrons. The molecule has 1 N–H and O–H groups in total. The maximum absolute atomic E-state index is 13.7. The monoisotopic (exact) mass is 488 g/mol. The number of rotatable bonds is 6. The van der Waals surface area contributed by atoms with Crippen molar-refractivity contribution in [2.45, 2.75) is 44.7 Å². The molecule has 2 fully saturated rings. The van der Waals surface area contributed by atoms with Crippen molar-refractivity contribution in [2.24, 2.45) is 5.92 Å². The summed E-state index contributed by atoms with van der Waals surface area (Å²) in [6.07, 6.45) is 4.49. The zero-order valence-electron chi connectivity index (χ0n) is 20.7. The highest BCUT2D eigenvalue weighted by molar-refractivity contribution is 6.00. The van der Waals surface area contributed by atoms with E-state index < -0.39 is 12.0 Å². The Morgan fingerprint density at radius 2 is 1.75 bits per heavy atom. The van der Waals surface area contributed by atoms with Crippen LogP contribution in [0.3, 0.4) is 0 Å². The van der Waals surface area contributed by atoms with Crippen LogP contribution in [0.1, 0.15) is 48.9 Å². The lowest BCUT2D eigenvalue weighted by molar-refractivity contribution is -0.126. The first-order valence-electron chi connectivity index (χ1n) is 12.5. The normalized spacial score (nSPS) is 20.8. The van der Waals surface area contributed by atoms with E-state index in [0.717, 1.165) is 48.6 Å². The van der Waals surface area contributed by atoms with E-state index in [2.05, 4.69) is 10.4 Å². The Morgan fingerprint density at radius 1 is 1.03 bits per heavy atom. The molecular weight excluding hydrogens is 456 g/mol. The Kier molecular flexibility index (Phi) is 7.04. The number of ether oxygens (including phenoxy) is 2. The van der Waals surface area contributed by atoms with Crippen LogP contribution in [0.25, 0.3) is 0 Å². The van der Waals surface area contributed by atoms with Crippen molar-refractivity contribution in [2.75, 3.05) is 30.5 Å². The molecule has 2 saturated heterocycles. The second-order valence-electron chi connectivity index (χ2n) is 9.48. The van der Waals surface area contributed by atoms with Gasteiger partial charge in [0.15, 0.2) is 5.82 Å². The first-order chi connectivity index (χ1) is 17.5. The fourth-order valence-corrected chi connectivity index (χ4v) is 5.14. The minimum Gasteiger partial charge on any atom is -0.497 e. The molecule has 188 valence electrons. The number of piperidine rings is 1. The van der Waals surface area contributed by atoms with Crippen molar-refractivity contribution < 1.29 is 19.1 Å². The van der Waals surface area contributed by atoms with Crippen LogP contribution in [0, 0.1) is 12.8 Å². The molecule has 2 amide bonds. The summed E-state index contributed by atoms with van der Waals surface area (Å²) in [6, 6.07) is 17.1. The maximum Gasteiger partial charge on any atom is 0.231 e. The summed E-state index contributed by atoms with van der Waals surface area (Å²) >= 11 is 0. The Bertz CT molecular complexity index is 1200. The molecule has 8 heteroatoms. The van der Waals surface area contributed by atoms with E-state index in [1.807, 2.05) is 72.4 Å². The largest absolute Gasteiger partial charge is 0.497 e. The molecule has 0 spiro atoms. The predicted octanol–water partition coefficient (Wildman–Crippen LogP) is 4.67. The average Bonchev–Trinajstić information content (AvgIpc) is 3.38. The van der Waals surface area contributed by atoms with Crippen LogP contribution in [0.15, 0.2) is 60.8 Å². The van der Waals surface area contributed by atoms with Crippen LogP contribution in [-0.2, 0) is 14.3 Å². The van der Waals surface area contributed by atoms with Gasteiger partial charge in [-0.1, -0.05) is 29.8 Å². The van der Waals surface area contributed by atoms with Gasteiger partial charge in [-0.2, -0.15) is 5.10 Å². The Hall–Kier alpha value is -3.65. The number of hydrogen-bond donors (Lipinski definition) is 1. The number of nitrogens with zero attached hydrogens (tertiary/aromatic N) is 3. The summed E-state index contributed by atoms with van der Waals surface area (Å²) in [5.41, 5.74) is 2.78. The first-order valence-corrected chi connectivity index (χ1v) is 12.5. The van der Waals surface area contributed by atoms with Crippen LogP contribution in [0.5, 0.6) is 5.75 Å². The van der Waals surface area contributed by atoms with E-state index in [4.69, 9.17) is 9.47 Å². The number of amides is 2. The second-order valence-corrected chi connectivity index (χ2v) is 9.48. The summed E-state index contributed by atoms with van der Waals surface area (Å²) in [7, 11) is 1.62. The van der Waals surface area contributed by atoms with Crippen LogP contribution >= 0.6 is 0 Å². The van der Waals surface area contributed by atoms with Crippen LogP contribution in [0.2, 0.25) is 0 Å². The second kappa shape index (κ2) is 10.5. The van der Waals surface area contributed by atoms with Crippen molar-refractivity contribution >= 4 is 23.3 Å². The van der Waals surface area contributed by atoms with Crippen LogP contribution in [0.4, 0.5) is 11.5 Å². The number of carbonyl (C=O) groups is 2. The standard InChI is InChI=1S/C28H32N4O4/c1-19-3-7-22(8-4-19)32-26(33)12-11-24(27(32)20-5-9-23(35-2)10-6-20)28(34)29-25-13-16-31(30-25)21-14-17-36-18-15-21/h3-10,13,16,21,24,27H,11-12,14-15,17-18H2,1-2H3,(H,29,30,34). The quantitative estimate of drug-likeness (QED) is 0.545. The van der Waals surface area contributed by atoms with E-state index in [1.165, 1.54) is 0 Å². The lowest BCUT2D eigenvalue weighted by atomic mass is 9.83. The van der Waals surface area contributed by atoms with E-state index in [9.17, 15) is 9.59 Å². The topological polar surface area (TPSA) is 85.7 Å². The molecule has 2 unspecified atom stereocenters. The lowest BCUT2D eigenvalue weighted by Gasteiger charge is -2.40. The minimum absolute atomic E-state index is 0.00696. The van der Waals surface area contributed by atoms with Gasteiger partial charge in [0.1, 0.15) is 5.75 Å². The van der Waals surface area contributed by atoms with E-state index in [-0.39, 0.29) is 17.9 Å². The van der Waals surface area contributed by atoms with E-state index >= 15 is 0 Å². The molecule has 3 heterocycles. The van der Waals surface area contributed by atoms with Crippen LogP contribution < -0.4 is 15.0 Å².